The Kier molecular flexibility index (Phi) is 6.08. The molecule has 0 heterocycles. The predicted molar refractivity (Wildman–Crippen MR) is 93.2 cm³/mol. The number of nitrogens with zero attached hydrogens (tertiary/aromatic N) is 1. The molecular formula is C18H19N3O3. The molecule has 0 aromatic heterocycles. The number of aryl methyl sites for hydroxylation is 1. The van der Waals surface area contributed by atoms with Gasteiger partial charge in [0.25, 0.3) is 0 Å². The Hall–Kier alpha value is -3.15. The summed E-state index contributed by atoms with van der Waals surface area (Å²) < 4.78 is 5.45. The van der Waals surface area contributed by atoms with E-state index in [2.05, 4.69) is 15.8 Å². The first-order valence-corrected chi connectivity index (χ1v) is 7.53. The summed E-state index contributed by atoms with van der Waals surface area (Å²) in [4.78, 5) is 23.6. The van der Waals surface area contributed by atoms with Crippen molar-refractivity contribution in [3.63, 3.8) is 0 Å². The fourth-order valence-corrected chi connectivity index (χ4v) is 2.00. The molecule has 0 spiro atoms. The maximum atomic E-state index is 11.8. The van der Waals surface area contributed by atoms with Crippen LogP contribution in [0.3, 0.4) is 0 Å². The van der Waals surface area contributed by atoms with Crippen LogP contribution in [0.1, 0.15) is 18.1 Å². The molecule has 2 N–H and O–H groups in total. The average molecular weight is 325 g/mol. The molecule has 0 radical (unpaired) electrons. The lowest BCUT2D eigenvalue weighted by atomic mass is 10.2. The maximum absolute atomic E-state index is 11.8. The molecule has 0 unspecified atom stereocenters. The van der Waals surface area contributed by atoms with Crippen LogP contribution in [-0.2, 0) is 9.59 Å². The molecule has 0 saturated heterocycles. The van der Waals surface area contributed by atoms with Crippen molar-refractivity contribution in [1.29, 1.82) is 0 Å². The predicted octanol–water partition coefficient (Wildman–Crippen LogP) is 2.48. The third-order valence-electron chi connectivity index (χ3n) is 3.07. The first-order chi connectivity index (χ1) is 11.6. The Balaban J connectivity index is 1.94. The Morgan fingerprint density at radius 2 is 1.92 bits per heavy atom. The van der Waals surface area contributed by atoms with E-state index in [1.54, 1.807) is 30.3 Å². The number of anilines is 1. The molecule has 0 aliphatic heterocycles. The molecule has 6 heteroatoms. The topological polar surface area (TPSA) is 79.8 Å². The van der Waals surface area contributed by atoms with Crippen LogP contribution in [0.5, 0.6) is 5.75 Å². The second-order valence-electron chi connectivity index (χ2n) is 4.99. The van der Waals surface area contributed by atoms with E-state index < -0.39 is 11.8 Å². The molecule has 6 nitrogen and oxygen atoms in total. The van der Waals surface area contributed by atoms with Crippen LogP contribution >= 0.6 is 0 Å². The number of hydrazone groups is 1. The highest BCUT2D eigenvalue weighted by molar-refractivity contribution is 6.39. The highest BCUT2D eigenvalue weighted by Crippen LogP contribution is 2.15. The highest BCUT2D eigenvalue weighted by Gasteiger charge is 2.12. The number of rotatable bonds is 5. The lowest BCUT2D eigenvalue weighted by Crippen LogP contribution is -2.32. The molecule has 124 valence electrons. The minimum Gasteiger partial charge on any atom is -0.493 e. The molecule has 0 bridgehead atoms. The van der Waals surface area contributed by atoms with Gasteiger partial charge in [0.1, 0.15) is 5.75 Å². The minimum absolute atomic E-state index is 0.524. The molecule has 0 aliphatic carbocycles. The minimum atomic E-state index is -0.846. The molecule has 2 rings (SSSR count). The van der Waals surface area contributed by atoms with Crippen molar-refractivity contribution in [1.82, 2.24) is 5.43 Å². The van der Waals surface area contributed by atoms with Crippen molar-refractivity contribution in [2.45, 2.75) is 13.8 Å². The largest absolute Gasteiger partial charge is 0.493 e. The van der Waals surface area contributed by atoms with Gasteiger partial charge in [-0.1, -0.05) is 24.3 Å². The summed E-state index contributed by atoms with van der Waals surface area (Å²) in [7, 11) is 0. The van der Waals surface area contributed by atoms with Gasteiger partial charge in [-0.15, -0.1) is 0 Å². The number of hydrogen-bond donors (Lipinski definition) is 2. The summed E-state index contributed by atoms with van der Waals surface area (Å²) in [6, 6.07) is 14.4. The van der Waals surface area contributed by atoms with Gasteiger partial charge in [-0.05, 0) is 43.7 Å². The van der Waals surface area contributed by atoms with Crippen LogP contribution in [-0.4, -0.2) is 24.6 Å². The van der Waals surface area contributed by atoms with Gasteiger partial charge in [-0.3, -0.25) is 9.59 Å². The zero-order chi connectivity index (χ0) is 17.4. The third-order valence-corrected chi connectivity index (χ3v) is 3.07. The SMILES string of the molecule is CCOc1ccccc1C=NNC(=O)C(=O)Nc1cccc(C)c1. The Morgan fingerprint density at radius 1 is 1.12 bits per heavy atom. The van der Waals surface area contributed by atoms with Crippen molar-refractivity contribution < 1.29 is 14.3 Å². The average Bonchev–Trinajstić information content (AvgIpc) is 2.56. The molecule has 2 aromatic carbocycles. The number of amides is 2. The van der Waals surface area contributed by atoms with E-state index in [0.29, 0.717) is 23.6 Å². The van der Waals surface area contributed by atoms with Gasteiger partial charge in [-0.2, -0.15) is 5.10 Å². The summed E-state index contributed by atoms with van der Waals surface area (Å²) >= 11 is 0. The zero-order valence-electron chi connectivity index (χ0n) is 13.6. The first kappa shape index (κ1) is 17.2. The van der Waals surface area contributed by atoms with E-state index in [1.165, 1.54) is 6.21 Å². The van der Waals surface area contributed by atoms with Gasteiger partial charge in [0.2, 0.25) is 0 Å². The lowest BCUT2D eigenvalue weighted by molar-refractivity contribution is -0.136. The van der Waals surface area contributed by atoms with E-state index in [-0.39, 0.29) is 0 Å². The molecule has 2 amide bonds. The van der Waals surface area contributed by atoms with Gasteiger partial charge >= 0.3 is 11.8 Å². The Morgan fingerprint density at radius 3 is 2.67 bits per heavy atom. The van der Waals surface area contributed by atoms with Crippen molar-refractivity contribution in [3.05, 3.63) is 59.7 Å². The fraction of sp³-hybridized carbons (Fsp3) is 0.167. The molecule has 0 saturated carbocycles. The van der Waals surface area contributed by atoms with Gasteiger partial charge < -0.3 is 10.1 Å². The molecular weight excluding hydrogens is 306 g/mol. The quantitative estimate of drug-likeness (QED) is 0.503. The van der Waals surface area contributed by atoms with Gasteiger partial charge in [-0.25, -0.2) is 5.43 Å². The summed E-state index contributed by atoms with van der Waals surface area (Å²) in [5.74, 6) is -0.972. The summed E-state index contributed by atoms with van der Waals surface area (Å²) in [5, 5.41) is 6.31. The van der Waals surface area contributed by atoms with Gasteiger partial charge in [0, 0.05) is 11.3 Å². The van der Waals surface area contributed by atoms with E-state index >= 15 is 0 Å². The number of hydrogen-bond acceptors (Lipinski definition) is 4. The third kappa shape index (κ3) is 4.95. The smallest absolute Gasteiger partial charge is 0.329 e. The van der Waals surface area contributed by atoms with E-state index in [0.717, 1.165) is 5.56 Å². The van der Waals surface area contributed by atoms with Gasteiger partial charge in [0.15, 0.2) is 0 Å². The number of benzene rings is 2. The van der Waals surface area contributed by atoms with Gasteiger partial charge in [0.05, 0.1) is 12.8 Å². The van der Waals surface area contributed by atoms with Crippen LogP contribution in [0.15, 0.2) is 53.6 Å². The first-order valence-electron chi connectivity index (χ1n) is 7.53. The van der Waals surface area contributed by atoms with Crippen LogP contribution in [0.2, 0.25) is 0 Å². The second-order valence-corrected chi connectivity index (χ2v) is 4.99. The fourth-order valence-electron chi connectivity index (χ4n) is 2.00. The van der Waals surface area contributed by atoms with Crippen LogP contribution in [0, 0.1) is 6.92 Å². The van der Waals surface area contributed by atoms with E-state index in [4.69, 9.17) is 4.74 Å². The standard InChI is InChI=1S/C18H19N3O3/c1-3-24-16-10-5-4-8-14(16)12-19-21-18(23)17(22)20-15-9-6-7-13(2)11-15/h4-12H,3H2,1-2H3,(H,20,22)(H,21,23). The number of carbonyl (C=O) groups is 2. The molecule has 0 atom stereocenters. The number of carbonyl (C=O) groups excluding carboxylic acids is 2. The normalized spacial score (nSPS) is 10.4. The molecule has 0 aliphatic rings. The van der Waals surface area contributed by atoms with Crippen molar-refractivity contribution in [2.24, 2.45) is 5.10 Å². The van der Waals surface area contributed by atoms with E-state index in [9.17, 15) is 9.59 Å². The van der Waals surface area contributed by atoms with Crippen molar-refractivity contribution in [2.75, 3.05) is 11.9 Å². The zero-order valence-corrected chi connectivity index (χ0v) is 13.6. The number of ether oxygens (including phenoxy) is 1. The number of para-hydroxylation sites is 1. The second kappa shape index (κ2) is 8.47. The summed E-state index contributed by atoms with van der Waals surface area (Å²) in [6.07, 6.45) is 1.43. The van der Waals surface area contributed by atoms with Crippen molar-refractivity contribution in [3.8, 4) is 5.75 Å². The molecule has 0 fully saturated rings. The summed E-state index contributed by atoms with van der Waals surface area (Å²) in [6.45, 7) is 4.30. The van der Waals surface area contributed by atoms with Crippen molar-refractivity contribution >= 4 is 23.7 Å². The Labute approximate surface area is 140 Å². The highest BCUT2D eigenvalue weighted by atomic mass is 16.5. The van der Waals surface area contributed by atoms with Crippen LogP contribution in [0.25, 0.3) is 0 Å². The molecule has 24 heavy (non-hydrogen) atoms. The van der Waals surface area contributed by atoms with E-state index in [1.807, 2.05) is 32.0 Å². The Bertz CT molecular complexity index is 757. The number of nitrogens with one attached hydrogen (secondary N) is 2. The summed E-state index contributed by atoms with van der Waals surface area (Å²) in [5.41, 5.74) is 4.45. The maximum Gasteiger partial charge on any atom is 0.329 e. The van der Waals surface area contributed by atoms with Crippen LogP contribution in [0.4, 0.5) is 5.69 Å². The molecule has 2 aromatic rings. The lowest BCUT2D eigenvalue weighted by Gasteiger charge is -2.06. The monoisotopic (exact) mass is 325 g/mol. The van der Waals surface area contributed by atoms with Crippen LogP contribution < -0.4 is 15.5 Å².